The Morgan fingerprint density at radius 3 is 2.62 bits per heavy atom. The lowest BCUT2D eigenvalue weighted by atomic mass is 9.85. The van der Waals surface area contributed by atoms with Gasteiger partial charge in [-0.3, -0.25) is 9.78 Å². The summed E-state index contributed by atoms with van der Waals surface area (Å²) >= 11 is 0. The standard InChI is InChI=1S/C28H27N3O3/c1-28(27-30-17-18-31-27,19-7-3-2-4-8-19)34-26-15-13-21-20(9-5-10-24(21)32)22(26)12-14-23-25(33)11-6-16-29-23/h2-4,6-8,11,13,15-18,33H,5,9-10,12,14H2,1H3,(H,30,31)/t28-/m0/s1. The number of rotatable bonds is 7. The number of aromatic amines is 1. The van der Waals surface area contributed by atoms with Crippen molar-refractivity contribution < 1.29 is 14.6 Å². The topological polar surface area (TPSA) is 88.1 Å². The van der Waals surface area contributed by atoms with Crippen LogP contribution in [-0.4, -0.2) is 25.8 Å². The number of aromatic nitrogens is 3. The molecule has 0 fully saturated rings. The van der Waals surface area contributed by atoms with E-state index in [9.17, 15) is 9.90 Å². The Kier molecular flexibility index (Phi) is 5.88. The second-order valence-electron chi connectivity index (χ2n) is 8.75. The van der Waals surface area contributed by atoms with Gasteiger partial charge in [-0.2, -0.15) is 0 Å². The van der Waals surface area contributed by atoms with Crippen LogP contribution in [0.25, 0.3) is 0 Å². The molecule has 0 aliphatic heterocycles. The van der Waals surface area contributed by atoms with Crippen LogP contribution in [0.1, 0.15) is 58.3 Å². The third-order valence-electron chi connectivity index (χ3n) is 6.59. The van der Waals surface area contributed by atoms with Crippen molar-refractivity contribution in [3.05, 3.63) is 107 Å². The molecule has 2 aromatic carbocycles. The number of hydrogen-bond acceptors (Lipinski definition) is 5. The van der Waals surface area contributed by atoms with Crippen LogP contribution in [0, 0.1) is 0 Å². The maximum atomic E-state index is 12.7. The molecule has 6 nitrogen and oxygen atoms in total. The predicted molar refractivity (Wildman–Crippen MR) is 129 cm³/mol. The smallest absolute Gasteiger partial charge is 0.188 e. The lowest BCUT2D eigenvalue weighted by molar-refractivity contribution is 0.0971. The number of Topliss-reactive ketones (excluding diaryl/α,β-unsaturated/α-hetero) is 1. The number of aromatic hydroxyl groups is 1. The molecular weight excluding hydrogens is 426 g/mol. The quantitative estimate of drug-likeness (QED) is 0.404. The molecule has 1 aliphatic carbocycles. The number of benzene rings is 2. The van der Waals surface area contributed by atoms with Crippen molar-refractivity contribution in [3.8, 4) is 11.5 Å². The number of imidazole rings is 1. The highest BCUT2D eigenvalue weighted by Crippen LogP contribution is 2.38. The zero-order valence-corrected chi connectivity index (χ0v) is 19.1. The summed E-state index contributed by atoms with van der Waals surface area (Å²) in [6.07, 6.45) is 8.54. The molecule has 2 aromatic heterocycles. The van der Waals surface area contributed by atoms with Crippen LogP contribution in [0.3, 0.4) is 0 Å². The summed E-state index contributed by atoms with van der Waals surface area (Å²) in [6, 6.07) is 17.1. The van der Waals surface area contributed by atoms with Crippen molar-refractivity contribution in [1.29, 1.82) is 0 Å². The minimum atomic E-state index is -0.862. The van der Waals surface area contributed by atoms with Crippen LogP contribution in [-0.2, 0) is 24.9 Å². The number of pyridine rings is 1. The Hall–Kier alpha value is -3.93. The van der Waals surface area contributed by atoms with Gasteiger partial charge in [0.2, 0.25) is 0 Å². The number of nitrogens with one attached hydrogen (secondary N) is 1. The Morgan fingerprint density at radius 2 is 1.85 bits per heavy atom. The average Bonchev–Trinajstić information content (AvgIpc) is 3.41. The van der Waals surface area contributed by atoms with Crippen LogP contribution in [0.4, 0.5) is 0 Å². The van der Waals surface area contributed by atoms with E-state index in [-0.39, 0.29) is 11.5 Å². The van der Waals surface area contributed by atoms with Gasteiger partial charge in [-0.1, -0.05) is 30.3 Å². The zero-order valence-electron chi connectivity index (χ0n) is 19.1. The first-order chi connectivity index (χ1) is 16.6. The lowest BCUT2D eigenvalue weighted by Crippen LogP contribution is -2.33. The number of ketones is 1. The van der Waals surface area contributed by atoms with Gasteiger partial charge in [0.25, 0.3) is 0 Å². The van der Waals surface area contributed by atoms with Crippen LogP contribution >= 0.6 is 0 Å². The number of fused-ring (bicyclic) bond motifs is 1. The van der Waals surface area contributed by atoms with E-state index in [2.05, 4.69) is 15.0 Å². The van der Waals surface area contributed by atoms with E-state index in [4.69, 9.17) is 4.74 Å². The Bertz CT molecular complexity index is 1300. The molecule has 0 saturated heterocycles. The molecule has 6 heteroatoms. The van der Waals surface area contributed by atoms with Gasteiger partial charge in [0.1, 0.15) is 11.5 Å². The number of ether oxygens (including phenoxy) is 1. The van der Waals surface area contributed by atoms with Gasteiger partial charge >= 0.3 is 0 Å². The summed E-state index contributed by atoms with van der Waals surface area (Å²) in [7, 11) is 0. The van der Waals surface area contributed by atoms with Crippen molar-refractivity contribution in [2.45, 2.75) is 44.6 Å². The van der Waals surface area contributed by atoms with Gasteiger partial charge < -0.3 is 14.8 Å². The molecule has 0 saturated carbocycles. The molecule has 0 spiro atoms. The molecule has 172 valence electrons. The Balaban J connectivity index is 1.59. The maximum Gasteiger partial charge on any atom is 0.188 e. The fraction of sp³-hybridized carbons (Fsp3) is 0.250. The fourth-order valence-electron chi connectivity index (χ4n) is 4.76. The van der Waals surface area contributed by atoms with Gasteiger partial charge in [-0.05, 0) is 68.0 Å². The van der Waals surface area contributed by atoms with Crippen LogP contribution in [0.5, 0.6) is 11.5 Å². The minimum Gasteiger partial charge on any atom is -0.506 e. The number of aryl methyl sites for hydroxylation is 1. The SMILES string of the molecule is C[C@](Oc1ccc2c(c1CCc1ncccc1O)CCCC2=O)(c1ccccc1)c1ncc[nH]1. The largest absolute Gasteiger partial charge is 0.506 e. The zero-order chi connectivity index (χ0) is 23.5. The highest BCUT2D eigenvalue weighted by molar-refractivity contribution is 5.99. The summed E-state index contributed by atoms with van der Waals surface area (Å²) < 4.78 is 6.80. The van der Waals surface area contributed by atoms with E-state index in [0.29, 0.717) is 36.5 Å². The third-order valence-corrected chi connectivity index (χ3v) is 6.59. The first-order valence-corrected chi connectivity index (χ1v) is 11.6. The molecule has 1 atom stereocenters. The molecule has 2 heterocycles. The van der Waals surface area contributed by atoms with E-state index in [0.717, 1.165) is 35.1 Å². The molecule has 2 N–H and O–H groups in total. The summed E-state index contributed by atoms with van der Waals surface area (Å²) in [5, 5.41) is 10.2. The molecular formula is C28H27N3O3. The van der Waals surface area contributed by atoms with E-state index in [1.807, 2.05) is 49.4 Å². The molecule has 1 aliphatic rings. The highest BCUT2D eigenvalue weighted by atomic mass is 16.5. The molecule has 0 unspecified atom stereocenters. The van der Waals surface area contributed by atoms with E-state index in [1.54, 1.807) is 30.7 Å². The van der Waals surface area contributed by atoms with Gasteiger partial charge in [0.05, 0.1) is 5.69 Å². The number of carbonyl (C=O) groups excluding carboxylic acids is 1. The van der Waals surface area contributed by atoms with Crippen molar-refractivity contribution in [2.24, 2.45) is 0 Å². The molecule has 4 aromatic rings. The van der Waals surface area contributed by atoms with Crippen molar-refractivity contribution in [1.82, 2.24) is 15.0 Å². The normalized spacial score (nSPS) is 14.9. The number of nitrogens with zero attached hydrogens (tertiary/aromatic N) is 2. The van der Waals surface area contributed by atoms with Gasteiger partial charge in [0, 0.05) is 36.1 Å². The molecule has 5 rings (SSSR count). The summed E-state index contributed by atoms with van der Waals surface area (Å²) in [4.78, 5) is 24.7. The third kappa shape index (κ3) is 4.07. The monoisotopic (exact) mass is 453 g/mol. The number of H-pyrrole nitrogens is 1. The number of hydrogen-bond donors (Lipinski definition) is 2. The van der Waals surface area contributed by atoms with Crippen LogP contribution in [0.15, 0.2) is 73.2 Å². The Morgan fingerprint density at radius 1 is 1.00 bits per heavy atom. The summed E-state index contributed by atoms with van der Waals surface area (Å²) in [5.41, 5.74) is 3.54. The van der Waals surface area contributed by atoms with E-state index >= 15 is 0 Å². The van der Waals surface area contributed by atoms with Crippen molar-refractivity contribution >= 4 is 5.78 Å². The molecule has 0 amide bonds. The van der Waals surface area contributed by atoms with E-state index in [1.165, 1.54) is 0 Å². The second kappa shape index (κ2) is 9.14. The summed E-state index contributed by atoms with van der Waals surface area (Å²) in [6.45, 7) is 2.00. The van der Waals surface area contributed by atoms with Crippen LogP contribution < -0.4 is 4.74 Å². The Labute approximate surface area is 198 Å². The summed E-state index contributed by atoms with van der Waals surface area (Å²) in [5.74, 6) is 1.76. The first kappa shape index (κ1) is 21.9. The van der Waals surface area contributed by atoms with Crippen LogP contribution in [0.2, 0.25) is 0 Å². The van der Waals surface area contributed by atoms with Gasteiger partial charge in [0.15, 0.2) is 17.2 Å². The van der Waals surface area contributed by atoms with E-state index < -0.39 is 5.60 Å². The molecule has 0 radical (unpaired) electrons. The molecule has 34 heavy (non-hydrogen) atoms. The van der Waals surface area contributed by atoms with Crippen molar-refractivity contribution in [3.63, 3.8) is 0 Å². The number of carbonyl (C=O) groups is 1. The average molecular weight is 454 g/mol. The maximum absolute atomic E-state index is 12.7. The molecule has 0 bridgehead atoms. The predicted octanol–water partition coefficient (Wildman–Crippen LogP) is 5.16. The van der Waals surface area contributed by atoms with Gasteiger partial charge in [-0.25, -0.2) is 4.98 Å². The highest BCUT2D eigenvalue weighted by Gasteiger charge is 2.35. The minimum absolute atomic E-state index is 0.173. The van der Waals surface area contributed by atoms with Gasteiger partial charge in [-0.15, -0.1) is 0 Å². The lowest BCUT2D eigenvalue weighted by Gasteiger charge is -2.32. The first-order valence-electron chi connectivity index (χ1n) is 11.6. The van der Waals surface area contributed by atoms with Crippen molar-refractivity contribution in [2.75, 3.05) is 0 Å². The second-order valence-corrected chi connectivity index (χ2v) is 8.75. The fourth-order valence-corrected chi connectivity index (χ4v) is 4.76.